The molecule has 52 heavy (non-hydrogen) atoms. The van der Waals surface area contributed by atoms with Gasteiger partial charge >= 0.3 is 0 Å². The van der Waals surface area contributed by atoms with Crippen molar-refractivity contribution in [3.05, 3.63) is 192 Å². The summed E-state index contributed by atoms with van der Waals surface area (Å²) in [6.45, 7) is 0. The van der Waals surface area contributed by atoms with E-state index in [0.29, 0.717) is 0 Å². The maximum absolute atomic E-state index is 6.43. The maximum Gasteiger partial charge on any atom is 0.161 e. The van der Waals surface area contributed by atoms with Crippen molar-refractivity contribution in [2.24, 2.45) is 0 Å². The third kappa shape index (κ3) is 5.49. The largest absolute Gasteiger partial charge is 0.456 e. The van der Waals surface area contributed by atoms with E-state index in [0.717, 1.165) is 68.7 Å². The Kier molecular flexibility index (Phi) is 7.54. The minimum absolute atomic E-state index is 0.723. The first-order valence-electron chi connectivity index (χ1n) is 17.7. The molecular formula is C48H32N2OS. The van der Waals surface area contributed by atoms with E-state index in [1.807, 2.05) is 30.0 Å². The standard InChI is InChI=1S/C48H32N2OS/c1-3-14-31(15-4-1)42-30-43(32-16-5-2-6-17-32)50-48(49-42)39-23-13-20-35-26-33-18-7-9-21-37(33)40-29-41-38-22-10-11-24-44(38)51-45(41)28-36(40)27-34-19-8-12-25-46(34)52-47(35)39/h1-25,28-30H,26-27H2. The summed E-state index contributed by atoms with van der Waals surface area (Å²) in [6.07, 6.45) is 1.54. The number of aromatic nitrogens is 2. The van der Waals surface area contributed by atoms with Crippen LogP contribution in [0.5, 0.6) is 0 Å². The molecule has 4 heteroatoms. The molecule has 9 aromatic rings. The Morgan fingerprint density at radius 3 is 1.83 bits per heavy atom. The molecule has 0 saturated carbocycles. The van der Waals surface area contributed by atoms with E-state index in [9.17, 15) is 0 Å². The SMILES string of the molecule is c1ccc(-c2cc(-c3ccccc3)nc(-c3cccc4c3Sc3ccccc3Cc3cc5oc6ccccc6c5cc3-c3ccccc3C4)n2)cc1. The van der Waals surface area contributed by atoms with Gasteiger partial charge in [-0.05, 0) is 76.6 Å². The molecule has 1 aliphatic rings. The Bertz CT molecular complexity index is 2710. The third-order valence-corrected chi connectivity index (χ3v) is 11.4. The smallest absolute Gasteiger partial charge is 0.161 e. The van der Waals surface area contributed by atoms with Crippen molar-refractivity contribution < 1.29 is 4.42 Å². The van der Waals surface area contributed by atoms with Gasteiger partial charge in [-0.3, -0.25) is 0 Å². The topological polar surface area (TPSA) is 38.9 Å². The van der Waals surface area contributed by atoms with E-state index < -0.39 is 0 Å². The fraction of sp³-hybridized carbons (Fsp3) is 0.0417. The zero-order valence-electron chi connectivity index (χ0n) is 28.3. The molecule has 0 amide bonds. The molecule has 3 heterocycles. The van der Waals surface area contributed by atoms with Gasteiger partial charge in [0.1, 0.15) is 11.2 Å². The van der Waals surface area contributed by atoms with E-state index >= 15 is 0 Å². The Morgan fingerprint density at radius 2 is 1.04 bits per heavy atom. The van der Waals surface area contributed by atoms with Gasteiger partial charge in [0.15, 0.2) is 5.82 Å². The molecule has 0 unspecified atom stereocenters. The normalized spacial score (nSPS) is 12.4. The molecule has 2 aromatic heterocycles. The minimum atomic E-state index is 0.723. The van der Waals surface area contributed by atoms with Crippen LogP contribution in [0.1, 0.15) is 22.3 Å². The van der Waals surface area contributed by atoms with Crippen LogP contribution in [0.15, 0.2) is 184 Å². The van der Waals surface area contributed by atoms with Gasteiger partial charge in [-0.15, -0.1) is 0 Å². The highest BCUT2D eigenvalue weighted by molar-refractivity contribution is 7.99. The van der Waals surface area contributed by atoms with Crippen molar-refractivity contribution in [1.82, 2.24) is 9.97 Å². The summed E-state index contributed by atoms with van der Waals surface area (Å²) >= 11 is 1.83. The van der Waals surface area contributed by atoms with Crippen molar-refractivity contribution in [1.29, 1.82) is 0 Å². The van der Waals surface area contributed by atoms with Crippen LogP contribution >= 0.6 is 11.8 Å². The number of nitrogens with zero attached hydrogens (tertiary/aromatic N) is 2. The van der Waals surface area contributed by atoms with Crippen molar-refractivity contribution >= 4 is 33.7 Å². The lowest BCUT2D eigenvalue weighted by Crippen LogP contribution is -2.00. The number of benzene rings is 7. The van der Waals surface area contributed by atoms with Gasteiger partial charge in [0.05, 0.1) is 11.4 Å². The predicted molar refractivity (Wildman–Crippen MR) is 214 cm³/mol. The summed E-state index contributed by atoms with van der Waals surface area (Å²) in [6, 6.07) is 60.2. The quantitative estimate of drug-likeness (QED) is 0.186. The molecule has 10 rings (SSSR count). The van der Waals surface area contributed by atoms with Crippen LogP contribution in [-0.2, 0) is 12.8 Å². The van der Waals surface area contributed by atoms with Gasteiger partial charge in [-0.2, -0.15) is 0 Å². The van der Waals surface area contributed by atoms with Gasteiger partial charge in [-0.25, -0.2) is 9.97 Å². The Balaban J connectivity index is 1.20. The fourth-order valence-corrected chi connectivity index (χ4v) is 8.70. The fourth-order valence-electron chi connectivity index (χ4n) is 7.52. The second-order valence-electron chi connectivity index (χ2n) is 13.3. The van der Waals surface area contributed by atoms with E-state index in [-0.39, 0.29) is 0 Å². The highest BCUT2D eigenvalue weighted by atomic mass is 32.2. The Morgan fingerprint density at radius 1 is 0.423 bits per heavy atom. The highest BCUT2D eigenvalue weighted by Crippen LogP contribution is 2.44. The van der Waals surface area contributed by atoms with Crippen LogP contribution in [0.25, 0.3) is 67.0 Å². The van der Waals surface area contributed by atoms with Crippen LogP contribution in [-0.4, -0.2) is 9.97 Å². The number of furan rings is 1. The predicted octanol–water partition coefficient (Wildman–Crippen LogP) is 12.7. The molecule has 0 N–H and O–H groups in total. The van der Waals surface area contributed by atoms with Crippen LogP contribution in [0.3, 0.4) is 0 Å². The molecular weight excluding hydrogens is 653 g/mol. The number of hydrogen-bond donors (Lipinski definition) is 0. The van der Waals surface area contributed by atoms with Gasteiger partial charge in [0.25, 0.3) is 0 Å². The molecule has 0 fully saturated rings. The lowest BCUT2D eigenvalue weighted by atomic mass is 9.88. The first-order chi connectivity index (χ1) is 25.7. The second-order valence-corrected chi connectivity index (χ2v) is 14.4. The zero-order chi connectivity index (χ0) is 34.4. The average Bonchev–Trinajstić information content (AvgIpc) is 3.56. The minimum Gasteiger partial charge on any atom is -0.456 e. The lowest BCUT2D eigenvalue weighted by Gasteiger charge is -2.17. The zero-order valence-corrected chi connectivity index (χ0v) is 29.1. The molecule has 0 spiro atoms. The van der Waals surface area contributed by atoms with Gasteiger partial charge in [-0.1, -0.05) is 151 Å². The first-order valence-corrected chi connectivity index (χ1v) is 18.5. The van der Waals surface area contributed by atoms with Gasteiger partial charge in [0, 0.05) is 37.3 Å². The Labute approximate surface area is 306 Å². The van der Waals surface area contributed by atoms with Crippen LogP contribution in [0, 0.1) is 0 Å². The molecule has 0 aliphatic carbocycles. The maximum atomic E-state index is 6.43. The number of para-hydroxylation sites is 1. The van der Waals surface area contributed by atoms with E-state index in [4.69, 9.17) is 14.4 Å². The van der Waals surface area contributed by atoms with E-state index in [2.05, 4.69) is 152 Å². The van der Waals surface area contributed by atoms with E-state index in [1.54, 1.807) is 0 Å². The van der Waals surface area contributed by atoms with Crippen LogP contribution in [0.4, 0.5) is 0 Å². The number of hydrogen-bond acceptors (Lipinski definition) is 4. The summed E-state index contributed by atoms with van der Waals surface area (Å²) < 4.78 is 6.43. The lowest BCUT2D eigenvalue weighted by molar-refractivity contribution is 0.668. The molecule has 1 aliphatic heterocycles. The summed E-state index contributed by atoms with van der Waals surface area (Å²) in [5, 5.41) is 2.29. The van der Waals surface area contributed by atoms with Crippen molar-refractivity contribution in [3.63, 3.8) is 0 Å². The Hall–Kier alpha value is -6.23. The molecule has 0 saturated heterocycles. The molecule has 0 bridgehead atoms. The average molecular weight is 685 g/mol. The summed E-state index contributed by atoms with van der Waals surface area (Å²) in [5.74, 6) is 0.723. The first kappa shape index (κ1) is 30.6. The third-order valence-electron chi connectivity index (χ3n) is 10.1. The monoisotopic (exact) mass is 684 g/mol. The molecule has 0 radical (unpaired) electrons. The van der Waals surface area contributed by atoms with Crippen molar-refractivity contribution in [2.45, 2.75) is 22.6 Å². The van der Waals surface area contributed by atoms with Gasteiger partial charge in [0.2, 0.25) is 0 Å². The molecule has 0 atom stereocenters. The summed E-state index contributed by atoms with van der Waals surface area (Å²) in [7, 11) is 0. The van der Waals surface area contributed by atoms with Crippen molar-refractivity contribution in [3.8, 4) is 45.0 Å². The van der Waals surface area contributed by atoms with Gasteiger partial charge < -0.3 is 4.42 Å². The van der Waals surface area contributed by atoms with Crippen LogP contribution < -0.4 is 0 Å². The summed E-state index contributed by atoms with van der Waals surface area (Å²) in [5.41, 5.74) is 14.4. The van der Waals surface area contributed by atoms with Crippen molar-refractivity contribution in [2.75, 3.05) is 0 Å². The molecule has 7 aromatic carbocycles. The number of rotatable bonds is 3. The van der Waals surface area contributed by atoms with Crippen LogP contribution in [0.2, 0.25) is 0 Å². The number of fused-ring (bicyclic) bond motifs is 8. The molecule has 3 nitrogen and oxygen atoms in total. The highest BCUT2D eigenvalue weighted by Gasteiger charge is 2.22. The molecule has 246 valence electrons. The van der Waals surface area contributed by atoms with E-state index in [1.165, 1.54) is 43.2 Å². The second kappa shape index (κ2) is 12.8. The summed E-state index contributed by atoms with van der Waals surface area (Å²) in [4.78, 5) is 12.9.